The van der Waals surface area contributed by atoms with E-state index in [4.69, 9.17) is 4.74 Å². The number of fused-ring (bicyclic) bond motifs is 2. The molecule has 2 amide bonds. The van der Waals surface area contributed by atoms with Crippen LogP contribution in [0.5, 0.6) is 0 Å². The molecule has 4 aliphatic rings. The highest BCUT2D eigenvalue weighted by atomic mass is 32.2. The van der Waals surface area contributed by atoms with Crippen LogP contribution in [0.1, 0.15) is 53.4 Å². The number of esters is 1. The topological polar surface area (TPSA) is 87.2 Å². The molecular weight excluding hydrogens is 452 g/mol. The Labute approximate surface area is 206 Å². The Hall–Kier alpha value is -1.80. The van der Waals surface area contributed by atoms with Crippen molar-refractivity contribution in [2.75, 3.05) is 26.3 Å². The zero-order valence-electron chi connectivity index (χ0n) is 20.7. The Balaban J connectivity index is 1.88. The molecule has 4 aliphatic heterocycles. The maximum Gasteiger partial charge on any atom is 0.311 e. The van der Waals surface area contributed by atoms with Crippen molar-refractivity contribution in [3.8, 4) is 0 Å². The minimum Gasteiger partial charge on any atom is -0.465 e. The highest BCUT2D eigenvalue weighted by Crippen LogP contribution is 2.65. The van der Waals surface area contributed by atoms with Gasteiger partial charge in [0.05, 0.1) is 35.8 Å². The number of thioether (sulfide) groups is 1. The average Bonchev–Trinajstić information content (AvgIpc) is 3.13. The van der Waals surface area contributed by atoms with Gasteiger partial charge in [0, 0.05) is 17.8 Å². The fourth-order valence-electron chi connectivity index (χ4n) is 6.20. The Bertz CT molecular complexity index is 890. The summed E-state index contributed by atoms with van der Waals surface area (Å²) in [4.78, 5) is 45.2. The number of amides is 2. The molecule has 0 radical (unpaired) electrons. The Morgan fingerprint density at radius 3 is 2.62 bits per heavy atom. The quantitative estimate of drug-likeness (QED) is 0.436. The zero-order chi connectivity index (χ0) is 24.7. The van der Waals surface area contributed by atoms with Crippen molar-refractivity contribution in [3.05, 3.63) is 24.3 Å². The van der Waals surface area contributed by atoms with Crippen LogP contribution in [-0.4, -0.2) is 80.6 Å². The van der Waals surface area contributed by atoms with Crippen molar-refractivity contribution in [2.45, 2.75) is 75.0 Å². The molecular formula is C26H38N2O5S. The summed E-state index contributed by atoms with van der Waals surface area (Å²) < 4.78 is 4.03. The lowest BCUT2D eigenvalue weighted by molar-refractivity contribution is -0.155. The lowest BCUT2D eigenvalue weighted by atomic mass is 9.74. The number of aliphatic hydroxyl groups is 1. The van der Waals surface area contributed by atoms with E-state index in [0.717, 1.165) is 19.3 Å². The van der Waals surface area contributed by atoms with E-state index in [0.29, 0.717) is 26.1 Å². The number of ether oxygens (including phenoxy) is 1. The van der Waals surface area contributed by atoms with Crippen LogP contribution in [0.3, 0.4) is 0 Å². The molecule has 0 bridgehead atoms. The summed E-state index contributed by atoms with van der Waals surface area (Å²) in [5, 5.41) is 10.4. The molecule has 188 valence electrons. The molecule has 0 aromatic heterocycles. The van der Waals surface area contributed by atoms with E-state index in [1.807, 2.05) is 50.0 Å². The summed E-state index contributed by atoms with van der Waals surface area (Å²) in [6.07, 6.45) is 11.3. The maximum absolute atomic E-state index is 14.3. The molecule has 0 aromatic carbocycles. The van der Waals surface area contributed by atoms with E-state index in [2.05, 4.69) is 6.92 Å². The maximum atomic E-state index is 14.3. The molecule has 7 nitrogen and oxygen atoms in total. The first-order chi connectivity index (χ1) is 16.3. The van der Waals surface area contributed by atoms with Gasteiger partial charge in [0.1, 0.15) is 6.04 Å². The van der Waals surface area contributed by atoms with Crippen LogP contribution < -0.4 is 0 Å². The fourth-order valence-corrected chi connectivity index (χ4v) is 8.34. The predicted octanol–water partition coefficient (Wildman–Crippen LogP) is 2.78. The fraction of sp³-hybridized carbons (Fsp3) is 0.731. The van der Waals surface area contributed by atoms with Crippen molar-refractivity contribution < 1.29 is 24.2 Å². The summed E-state index contributed by atoms with van der Waals surface area (Å²) >= 11 is 1.56. The van der Waals surface area contributed by atoms with Gasteiger partial charge in [0.2, 0.25) is 11.8 Å². The average molecular weight is 491 g/mol. The summed E-state index contributed by atoms with van der Waals surface area (Å²) in [5.74, 6) is -2.07. The summed E-state index contributed by atoms with van der Waals surface area (Å²) in [6, 6.07) is -1.25. The number of rotatable bonds is 7. The van der Waals surface area contributed by atoms with Gasteiger partial charge in [-0.2, -0.15) is 0 Å². The molecule has 1 unspecified atom stereocenters. The molecule has 1 N–H and O–H groups in total. The van der Waals surface area contributed by atoms with E-state index in [1.165, 1.54) is 0 Å². The van der Waals surface area contributed by atoms with Crippen molar-refractivity contribution in [2.24, 2.45) is 17.8 Å². The summed E-state index contributed by atoms with van der Waals surface area (Å²) in [5.41, 5.74) is 0. The molecule has 2 fully saturated rings. The van der Waals surface area contributed by atoms with Gasteiger partial charge < -0.3 is 19.6 Å². The molecule has 2 saturated heterocycles. The van der Waals surface area contributed by atoms with Crippen LogP contribution in [0, 0.1) is 17.8 Å². The second-order valence-electron chi connectivity index (χ2n) is 10.3. The third-order valence-corrected chi connectivity index (χ3v) is 9.96. The van der Waals surface area contributed by atoms with Crippen LogP contribution >= 0.6 is 11.8 Å². The Morgan fingerprint density at radius 1 is 1.18 bits per heavy atom. The Kier molecular flexibility index (Phi) is 7.21. The number of unbranched alkanes of at least 4 members (excludes halogenated alkanes) is 1. The van der Waals surface area contributed by atoms with E-state index in [-0.39, 0.29) is 30.3 Å². The Morgan fingerprint density at radius 2 is 1.94 bits per heavy atom. The van der Waals surface area contributed by atoms with Crippen molar-refractivity contribution >= 4 is 29.5 Å². The van der Waals surface area contributed by atoms with Crippen molar-refractivity contribution in [3.63, 3.8) is 0 Å². The molecule has 0 aliphatic carbocycles. The van der Waals surface area contributed by atoms with E-state index in [1.54, 1.807) is 16.7 Å². The number of likely N-dealkylation sites (tertiary alicyclic amines) is 1. The minimum absolute atomic E-state index is 0.00881. The van der Waals surface area contributed by atoms with Crippen LogP contribution in [0.15, 0.2) is 24.3 Å². The first-order valence-corrected chi connectivity index (χ1v) is 13.5. The lowest BCUT2D eigenvalue weighted by Crippen LogP contribution is -2.58. The molecule has 4 rings (SSSR count). The summed E-state index contributed by atoms with van der Waals surface area (Å²) in [6.45, 7) is 9.29. The van der Waals surface area contributed by atoms with Crippen LogP contribution in [0.4, 0.5) is 0 Å². The first kappa shape index (κ1) is 25.3. The van der Waals surface area contributed by atoms with Gasteiger partial charge in [-0.3, -0.25) is 14.4 Å². The monoisotopic (exact) mass is 490 g/mol. The van der Waals surface area contributed by atoms with Gasteiger partial charge in [0.15, 0.2) is 0 Å². The number of hydrogen-bond donors (Lipinski definition) is 1. The molecule has 0 aromatic rings. The van der Waals surface area contributed by atoms with Crippen molar-refractivity contribution in [1.82, 2.24) is 9.80 Å². The predicted molar refractivity (Wildman–Crippen MR) is 132 cm³/mol. The highest BCUT2D eigenvalue weighted by Gasteiger charge is 2.74. The van der Waals surface area contributed by atoms with E-state index < -0.39 is 33.4 Å². The second-order valence-corrected chi connectivity index (χ2v) is 12.1. The van der Waals surface area contributed by atoms with Gasteiger partial charge in [-0.15, -0.1) is 11.8 Å². The van der Waals surface area contributed by atoms with E-state index in [9.17, 15) is 19.5 Å². The van der Waals surface area contributed by atoms with Gasteiger partial charge in [0.25, 0.3) is 0 Å². The highest BCUT2D eigenvalue weighted by molar-refractivity contribution is 8.02. The van der Waals surface area contributed by atoms with Gasteiger partial charge in [-0.1, -0.05) is 57.9 Å². The van der Waals surface area contributed by atoms with Gasteiger partial charge in [-0.25, -0.2) is 0 Å². The zero-order valence-corrected chi connectivity index (χ0v) is 21.6. The van der Waals surface area contributed by atoms with E-state index >= 15 is 0 Å². The number of hydrogen-bond acceptors (Lipinski definition) is 6. The smallest absolute Gasteiger partial charge is 0.311 e. The largest absolute Gasteiger partial charge is 0.465 e. The molecule has 0 saturated carbocycles. The number of nitrogens with zero attached hydrogens (tertiary/aromatic N) is 2. The summed E-state index contributed by atoms with van der Waals surface area (Å²) in [7, 11) is 0. The normalized spacial score (nSPS) is 36.9. The van der Waals surface area contributed by atoms with Crippen molar-refractivity contribution in [1.29, 1.82) is 0 Å². The first-order valence-electron chi connectivity index (χ1n) is 12.7. The van der Waals surface area contributed by atoms with Crippen LogP contribution in [-0.2, 0) is 19.1 Å². The number of cyclic esters (lactones) is 1. The van der Waals surface area contributed by atoms with Gasteiger partial charge >= 0.3 is 5.97 Å². The minimum atomic E-state index is -0.886. The number of carbonyl (C=O) groups is 3. The third kappa shape index (κ3) is 3.81. The second kappa shape index (κ2) is 9.69. The molecule has 34 heavy (non-hydrogen) atoms. The van der Waals surface area contributed by atoms with Gasteiger partial charge in [-0.05, 0) is 25.7 Å². The van der Waals surface area contributed by atoms with Crippen LogP contribution in [0.2, 0.25) is 0 Å². The standard InChI is InChI=1S/C26H38N2O5S/c1-5-7-13-27-14-10-12-26-19(20-24(32)33-15-9-8-11-25(20,4)34-26)22(30)28(21(26)23(27)31)18(16-29)17(3)6-2/h8,10-12,17-21,29H,5-7,9,13-16H2,1-4H3/t17-,18-,19-,20+,21?,25-,26-/m0/s1. The number of aliphatic hydroxyl groups excluding tert-OH is 1. The number of carbonyl (C=O) groups excluding carboxylic acids is 3. The molecule has 7 atom stereocenters. The van der Waals surface area contributed by atoms with Crippen LogP contribution in [0.25, 0.3) is 0 Å². The third-order valence-electron chi connectivity index (χ3n) is 8.17. The molecule has 8 heteroatoms. The SMILES string of the molecule is CCCCN1CC=C[C@]23S[C@@]4(C)C=CCCOC(=O)[C@H]4[C@H]2C(=O)N([C@@H](CO)[C@@H](C)CC)C3C1=O. The molecule has 1 spiro atoms. The lowest BCUT2D eigenvalue weighted by Gasteiger charge is -2.41. The molecule has 4 heterocycles.